The van der Waals surface area contributed by atoms with Gasteiger partial charge in [0.2, 0.25) is 0 Å². The number of benzene rings is 1. The molecule has 3 heteroatoms. The molecule has 94 valence electrons. The van der Waals surface area contributed by atoms with Crippen LogP contribution in [0.1, 0.15) is 39.0 Å². The van der Waals surface area contributed by atoms with Gasteiger partial charge in [-0.1, -0.05) is 19.4 Å². The first kappa shape index (κ1) is 12.9. The Hall–Kier alpha value is -0.570. The molecule has 1 fully saturated rings. The van der Waals surface area contributed by atoms with Gasteiger partial charge in [-0.15, -0.1) is 0 Å². The molecule has 0 spiro atoms. The molecule has 1 N–H and O–H groups in total. The van der Waals surface area contributed by atoms with Gasteiger partial charge in [0, 0.05) is 10.5 Å². The maximum Gasteiger partial charge on any atom is 0.147 e. The summed E-state index contributed by atoms with van der Waals surface area (Å²) in [6, 6.07) is 5.53. The largest absolute Gasteiger partial charge is 0.379 e. The molecule has 0 atom stereocenters. The van der Waals surface area contributed by atoms with Gasteiger partial charge < -0.3 is 5.32 Å². The summed E-state index contributed by atoms with van der Waals surface area (Å²) >= 11 is 3.40. The van der Waals surface area contributed by atoms with Crippen LogP contribution in [0, 0.1) is 11.7 Å². The fourth-order valence-corrected chi connectivity index (χ4v) is 3.01. The van der Waals surface area contributed by atoms with Gasteiger partial charge in [-0.25, -0.2) is 4.39 Å². The third kappa shape index (κ3) is 3.21. The van der Waals surface area contributed by atoms with Crippen molar-refractivity contribution in [3.8, 4) is 0 Å². The number of hydrogen-bond acceptors (Lipinski definition) is 1. The summed E-state index contributed by atoms with van der Waals surface area (Å²) in [4.78, 5) is 0. The normalized spacial score (nSPS) is 24.6. The summed E-state index contributed by atoms with van der Waals surface area (Å²) in [7, 11) is 0. The monoisotopic (exact) mass is 299 g/mol. The second-order valence-electron chi connectivity index (χ2n) is 4.87. The third-order valence-electron chi connectivity index (χ3n) is 3.74. The molecule has 0 heterocycles. The van der Waals surface area contributed by atoms with E-state index in [0.717, 1.165) is 23.2 Å². The second kappa shape index (κ2) is 5.85. The van der Waals surface area contributed by atoms with E-state index in [-0.39, 0.29) is 5.82 Å². The lowest BCUT2D eigenvalue weighted by atomic mass is 9.84. The Morgan fingerprint density at radius 1 is 1.29 bits per heavy atom. The zero-order valence-electron chi connectivity index (χ0n) is 10.2. The molecule has 0 aromatic heterocycles. The molecule has 1 aromatic carbocycles. The molecule has 1 aliphatic carbocycles. The Kier molecular flexibility index (Phi) is 4.43. The van der Waals surface area contributed by atoms with Crippen molar-refractivity contribution in [2.45, 2.75) is 45.1 Å². The van der Waals surface area contributed by atoms with Crippen molar-refractivity contribution in [1.29, 1.82) is 0 Å². The first-order chi connectivity index (χ1) is 8.20. The summed E-state index contributed by atoms with van der Waals surface area (Å²) in [5.41, 5.74) is 0.618. The molecule has 0 aliphatic heterocycles. The van der Waals surface area contributed by atoms with Crippen LogP contribution in [0.15, 0.2) is 22.7 Å². The van der Waals surface area contributed by atoms with Crippen LogP contribution in [0.25, 0.3) is 0 Å². The molecule has 1 saturated carbocycles. The van der Waals surface area contributed by atoms with Crippen LogP contribution in [-0.2, 0) is 0 Å². The fourth-order valence-electron chi connectivity index (χ4n) is 2.55. The van der Waals surface area contributed by atoms with Gasteiger partial charge in [-0.3, -0.25) is 0 Å². The Bertz CT molecular complexity index is 352. The summed E-state index contributed by atoms with van der Waals surface area (Å²) in [5, 5.41) is 3.34. The minimum atomic E-state index is -0.169. The van der Waals surface area contributed by atoms with Crippen LogP contribution < -0.4 is 5.32 Å². The molecule has 17 heavy (non-hydrogen) atoms. The van der Waals surface area contributed by atoms with E-state index in [9.17, 15) is 4.39 Å². The smallest absolute Gasteiger partial charge is 0.147 e. The maximum atomic E-state index is 13.7. The number of halogens is 2. The number of nitrogens with one attached hydrogen (secondary N) is 1. The highest BCUT2D eigenvalue weighted by atomic mass is 79.9. The highest BCUT2D eigenvalue weighted by Gasteiger charge is 2.21. The first-order valence-corrected chi connectivity index (χ1v) is 7.20. The Morgan fingerprint density at radius 3 is 2.59 bits per heavy atom. The van der Waals surface area contributed by atoms with Gasteiger partial charge in [0.25, 0.3) is 0 Å². The molecule has 1 aliphatic rings. The van der Waals surface area contributed by atoms with Crippen LogP contribution in [0.3, 0.4) is 0 Å². The molecular weight excluding hydrogens is 281 g/mol. The Balaban J connectivity index is 1.98. The molecule has 2 rings (SSSR count). The predicted molar refractivity (Wildman–Crippen MR) is 73.8 cm³/mol. The molecule has 1 nitrogen and oxygen atoms in total. The van der Waals surface area contributed by atoms with E-state index in [1.54, 1.807) is 6.07 Å². The number of hydrogen-bond donors (Lipinski definition) is 1. The van der Waals surface area contributed by atoms with Crippen LogP contribution in [0.4, 0.5) is 10.1 Å². The molecular formula is C14H19BrFN. The van der Waals surface area contributed by atoms with E-state index in [1.165, 1.54) is 25.3 Å². The highest BCUT2D eigenvalue weighted by Crippen LogP contribution is 2.31. The number of rotatable bonds is 3. The van der Waals surface area contributed by atoms with Crippen molar-refractivity contribution in [1.82, 2.24) is 0 Å². The lowest BCUT2D eigenvalue weighted by molar-refractivity contribution is 0.329. The van der Waals surface area contributed by atoms with E-state index in [1.807, 2.05) is 6.07 Å². The molecule has 0 bridgehead atoms. The van der Waals surface area contributed by atoms with E-state index in [2.05, 4.69) is 28.2 Å². The summed E-state index contributed by atoms with van der Waals surface area (Å²) in [6.45, 7) is 2.26. The highest BCUT2D eigenvalue weighted by molar-refractivity contribution is 9.10. The van der Waals surface area contributed by atoms with Gasteiger partial charge >= 0.3 is 0 Å². The zero-order valence-corrected chi connectivity index (χ0v) is 11.8. The summed E-state index contributed by atoms with van der Waals surface area (Å²) < 4.78 is 14.5. The topological polar surface area (TPSA) is 12.0 Å². The SMILES string of the molecule is CCC1CCC(Nc2c(F)cccc2Br)CC1. The van der Waals surface area contributed by atoms with Crippen LogP contribution >= 0.6 is 15.9 Å². The quantitative estimate of drug-likeness (QED) is 0.831. The number of para-hydroxylation sites is 1. The zero-order chi connectivity index (χ0) is 12.3. The van der Waals surface area contributed by atoms with Gasteiger partial charge in [0.05, 0.1) is 5.69 Å². The second-order valence-corrected chi connectivity index (χ2v) is 5.72. The molecule has 0 unspecified atom stereocenters. The molecule has 0 saturated heterocycles. The lowest BCUT2D eigenvalue weighted by Gasteiger charge is -2.29. The average molecular weight is 300 g/mol. The Morgan fingerprint density at radius 2 is 2.00 bits per heavy atom. The predicted octanol–water partition coefficient (Wildman–Crippen LogP) is 4.97. The summed E-state index contributed by atoms with van der Waals surface area (Å²) in [6.07, 6.45) is 6.11. The summed E-state index contributed by atoms with van der Waals surface area (Å²) in [5.74, 6) is 0.703. The van der Waals surface area contributed by atoms with Crippen LogP contribution in [0.2, 0.25) is 0 Å². The van der Waals surface area contributed by atoms with Crippen molar-refractivity contribution in [3.05, 3.63) is 28.5 Å². The van der Waals surface area contributed by atoms with E-state index in [4.69, 9.17) is 0 Å². The van der Waals surface area contributed by atoms with Gasteiger partial charge in [-0.2, -0.15) is 0 Å². The van der Waals surface area contributed by atoms with Crippen LogP contribution in [0.5, 0.6) is 0 Å². The minimum absolute atomic E-state index is 0.169. The van der Waals surface area contributed by atoms with Crippen molar-refractivity contribution in [3.63, 3.8) is 0 Å². The van der Waals surface area contributed by atoms with Crippen molar-refractivity contribution < 1.29 is 4.39 Å². The van der Waals surface area contributed by atoms with Gasteiger partial charge in [0.1, 0.15) is 5.82 Å². The third-order valence-corrected chi connectivity index (χ3v) is 4.40. The van der Waals surface area contributed by atoms with E-state index >= 15 is 0 Å². The van der Waals surface area contributed by atoms with Crippen molar-refractivity contribution >= 4 is 21.6 Å². The first-order valence-electron chi connectivity index (χ1n) is 6.41. The molecule has 1 aromatic rings. The lowest BCUT2D eigenvalue weighted by Crippen LogP contribution is -2.26. The standard InChI is InChI=1S/C14H19BrFN/c1-2-10-6-8-11(9-7-10)17-14-12(15)4-3-5-13(14)16/h3-5,10-11,17H,2,6-9H2,1H3. The van der Waals surface area contributed by atoms with Crippen molar-refractivity contribution in [2.75, 3.05) is 5.32 Å². The molecule has 0 radical (unpaired) electrons. The van der Waals surface area contributed by atoms with E-state index in [0.29, 0.717) is 11.7 Å². The maximum absolute atomic E-state index is 13.7. The van der Waals surface area contributed by atoms with Gasteiger partial charge in [0.15, 0.2) is 0 Å². The fraction of sp³-hybridized carbons (Fsp3) is 0.571. The minimum Gasteiger partial charge on any atom is -0.379 e. The van der Waals surface area contributed by atoms with E-state index < -0.39 is 0 Å². The molecule has 0 amide bonds. The Labute approximate surface area is 111 Å². The van der Waals surface area contributed by atoms with Crippen molar-refractivity contribution in [2.24, 2.45) is 5.92 Å². The average Bonchev–Trinajstić information content (AvgIpc) is 2.35. The number of anilines is 1. The van der Waals surface area contributed by atoms with Gasteiger partial charge in [-0.05, 0) is 59.7 Å². The van der Waals surface area contributed by atoms with Crippen LogP contribution in [-0.4, -0.2) is 6.04 Å².